The number of ether oxygens (including phenoxy) is 1. The van der Waals surface area contributed by atoms with E-state index in [0.29, 0.717) is 12.5 Å². The summed E-state index contributed by atoms with van der Waals surface area (Å²) in [6.45, 7) is 1.40. The average Bonchev–Trinajstić information content (AvgIpc) is 3.43. The summed E-state index contributed by atoms with van der Waals surface area (Å²) < 4.78 is 6.08. The van der Waals surface area contributed by atoms with Gasteiger partial charge in [0.15, 0.2) is 0 Å². The molecule has 29 heavy (non-hydrogen) atoms. The highest BCUT2D eigenvalue weighted by Gasteiger charge is 2.31. The fourth-order valence-electron chi connectivity index (χ4n) is 3.53. The zero-order valence-electron chi connectivity index (χ0n) is 16.0. The second kappa shape index (κ2) is 8.92. The molecule has 6 nitrogen and oxygen atoms in total. The second-order valence-corrected chi connectivity index (χ2v) is 8.62. The molecule has 1 amide bonds. The number of likely N-dealkylation sites (tertiary alicyclic amines) is 1. The van der Waals surface area contributed by atoms with Gasteiger partial charge >= 0.3 is 0 Å². The molecule has 0 unspecified atom stereocenters. The van der Waals surface area contributed by atoms with Crippen LogP contribution in [0.1, 0.15) is 23.2 Å². The van der Waals surface area contributed by atoms with Crippen LogP contribution in [0.25, 0.3) is 10.4 Å². The van der Waals surface area contributed by atoms with E-state index in [1.807, 2.05) is 40.6 Å². The van der Waals surface area contributed by atoms with Crippen molar-refractivity contribution in [3.63, 3.8) is 0 Å². The Morgan fingerprint density at radius 2 is 2.03 bits per heavy atom. The summed E-state index contributed by atoms with van der Waals surface area (Å²) in [6.07, 6.45) is 5.39. The molecule has 1 saturated heterocycles. The van der Waals surface area contributed by atoms with Crippen LogP contribution in [0.4, 0.5) is 5.95 Å². The van der Waals surface area contributed by atoms with Gasteiger partial charge in [-0.1, -0.05) is 0 Å². The van der Waals surface area contributed by atoms with Gasteiger partial charge in [0.1, 0.15) is 5.75 Å². The topological polar surface area (TPSA) is 67.3 Å². The van der Waals surface area contributed by atoms with Crippen molar-refractivity contribution in [2.75, 3.05) is 25.5 Å². The summed E-state index contributed by atoms with van der Waals surface area (Å²) in [4.78, 5) is 24.8. The van der Waals surface area contributed by atoms with Crippen LogP contribution >= 0.6 is 27.3 Å². The molecule has 1 atom stereocenters. The maximum atomic E-state index is 13.3. The van der Waals surface area contributed by atoms with E-state index in [1.54, 1.807) is 30.8 Å². The average molecular weight is 473 g/mol. The van der Waals surface area contributed by atoms with Crippen LogP contribution < -0.4 is 10.1 Å². The molecule has 4 rings (SSSR count). The van der Waals surface area contributed by atoms with Gasteiger partial charge in [0.2, 0.25) is 5.95 Å². The Morgan fingerprint density at radius 3 is 2.76 bits per heavy atom. The van der Waals surface area contributed by atoms with E-state index < -0.39 is 0 Å². The molecule has 1 aromatic carbocycles. The molecule has 0 spiro atoms. The third kappa shape index (κ3) is 4.43. The van der Waals surface area contributed by atoms with Gasteiger partial charge in [-0.15, -0.1) is 11.3 Å². The smallest absolute Gasteiger partial charge is 0.255 e. The quantitative estimate of drug-likeness (QED) is 0.563. The van der Waals surface area contributed by atoms with Crippen molar-refractivity contribution in [3.05, 3.63) is 58.1 Å². The van der Waals surface area contributed by atoms with Crippen LogP contribution in [0.5, 0.6) is 5.75 Å². The van der Waals surface area contributed by atoms with E-state index in [1.165, 1.54) is 0 Å². The van der Waals surface area contributed by atoms with Crippen molar-refractivity contribution in [3.8, 4) is 16.2 Å². The molecule has 1 fully saturated rings. The van der Waals surface area contributed by atoms with E-state index in [4.69, 9.17) is 4.74 Å². The largest absolute Gasteiger partial charge is 0.497 e. The number of nitrogens with zero attached hydrogens (tertiary/aromatic N) is 3. The number of halogens is 1. The molecule has 0 bridgehead atoms. The zero-order chi connectivity index (χ0) is 20.2. The number of hydrogen-bond acceptors (Lipinski definition) is 6. The fourth-order valence-corrected chi connectivity index (χ4v) is 4.63. The number of amides is 1. The molecule has 2 aromatic heterocycles. The molecule has 0 aliphatic carbocycles. The van der Waals surface area contributed by atoms with Gasteiger partial charge in [-0.05, 0) is 70.0 Å². The van der Waals surface area contributed by atoms with Crippen molar-refractivity contribution >= 4 is 39.1 Å². The summed E-state index contributed by atoms with van der Waals surface area (Å²) in [5.74, 6) is 1.46. The highest BCUT2D eigenvalue weighted by molar-refractivity contribution is 9.10. The van der Waals surface area contributed by atoms with Crippen LogP contribution in [0.15, 0.2) is 52.6 Å². The van der Waals surface area contributed by atoms with Gasteiger partial charge in [0.05, 0.1) is 17.1 Å². The Balaban J connectivity index is 1.48. The number of anilines is 1. The Bertz CT molecular complexity index is 975. The molecular formula is C21H21BrN4O2S. The fraction of sp³-hybridized carbons (Fsp3) is 0.286. The van der Waals surface area contributed by atoms with Crippen molar-refractivity contribution in [1.29, 1.82) is 0 Å². The third-order valence-corrected chi connectivity index (χ3v) is 6.37. The Kier molecular flexibility index (Phi) is 6.10. The number of carbonyl (C=O) groups excluding carboxylic acids is 1. The monoisotopic (exact) mass is 472 g/mol. The maximum Gasteiger partial charge on any atom is 0.255 e. The third-order valence-electron chi connectivity index (χ3n) is 5.00. The lowest BCUT2D eigenvalue weighted by molar-refractivity contribution is 0.0745. The lowest BCUT2D eigenvalue weighted by atomic mass is 10.1. The molecule has 3 aromatic rings. The van der Waals surface area contributed by atoms with Gasteiger partial charge in [-0.25, -0.2) is 9.97 Å². The molecule has 1 N–H and O–H groups in total. The van der Waals surface area contributed by atoms with Crippen molar-refractivity contribution < 1.29 is 9.53 Å². The number of hydrogen-bond donors (Lipinski definition) is 1. The van der Waals surface area contributed by atoms with Gasteiger partial charge in [-0.2, -0.15) is 0 Å². The first kappa shape index (κ1) is 19.8. The van der Waals surface area contributed by atoms with Gasteiger partial charge < -0.3 is 15.0 Å². The molecular weight excluding hydrogens is 452 g/mol. The molecule has 0 saturated carbocycles. The minimum absolute atomic E-state index is 0.0816. The van der Waals surface area contributed by atoms with Crippen molar-refractivity contribution in [2.24, 2.45) is 0 Å². The van der Waals surface area contributed by atoms with Gasteiger partial charge in [-0.3, -0.25) is 4.79 Å². The molecule has 1 aliphatic rings. The summed E-state index contributed by atoms with van der Waals surface area (Å²) in [6, 6.07) is 9.88. The van der Waals surface area contributed by atoms with E-state index >= 15 is 0 Å². The number of aromatic nitrogens is 2. The van der Waals surface area contributed by atoms with Crippen LogP contribution in [0.2, 0.25) is 0 Å². The van der Waals surface area contributed by atoms with Gasteiger partial charge in [0, 0.05) is 36.4 Å². The van der Waals surface area contributed by atoms with E-state index in [0.717, 1.165) is 45.6 Å². The minimum Gasteiger partial charge on any atom is -0.497 e. The number of benzene rings is 1. The Morgan fingerprint density at radius 1 is 1.28 bits per heavy atom. The lowest BCUT2D eigenvalue weighted by Crippen LogP contribution is -2.39. The molecule has 1 aliphatic heterocycles. The van der Waals surface area contributed by atoms with E-state index in [9.17, 15) is 4.79 Å². The van der Waals surface area contributed by atoms with Crippen LogP contribution in [-0.4, -0.2) is 47.0 Å². The predicted molar refractivity (Wildman–Crippen MR) is 119 cm³/mol. The number of methoxy groups -OCH3 is 1. The van der Waals surface area contributed by atoms with Crippen LogP contribution in [-0.2, 0) is 0 Å². The maximum absolute atomic E-state index is 13.3. The molecule has 3 heterocycles. The first-order valence-electron chi connectivity index (χ1n) is 9.40. The highest BCUT2D eigenvalue weighted by atomic mass is 79.9. The second-order valence-electron chi connectivity index (χ2n) is 6.79. The highest BCUT2D eigenvalue weighted by Crippen LogP contribution is 2.33. The van der Waals surface area contributed by atoms with Crippen molar-refractivity contribution in [2.45, 2.75) is 18.9 Å². The van der Waals surface area contributed by atoms with Crippen molar-refractivity contribution in [1.82, 2.24) is 14.9 Å². The molecule has 0 radical (unpaired) electrons. The summed E-state index contributed by atoms with van der Waals surface area (Å²) >= 11 is 4.92. The lowest BCUT2D eigenvalue weighted by Gasteiger charge is -2.25. The standard InChI is InChI=1S/C21H21BrN4O2S/c1-28-17-6-4-14(5-7-17)19-18(8-10-29-19)20(27)26-9-2-3-16(26)13-25-21-23-11-15(22)12-24-21/h4-8,10-12,16H,2-3,9,13H2,1H3,(H,23,24,25)/t16-/m0/s1. The van der Waals surface area contributed by atoms with Crippen LogP contribution in [0, 0.1) is 0 Å². The first-order valence-corrected chi connectivity index (χ1v) is 11.1. The summed E-state index contributed by atoms with van der Waals surface area (Å²) in [5, 5.41) is 5.23. The number of rotatable bonds is 6. The molecule has 8 heteroatoms. The van der Waals surface area contributed by atoms with E-state index in [-0.39, 0.29) is 11.9 Å². The van der Waals surface area contributed by atoms with Gasteiger partial charge in [0.25, 0.3) is 5.91 Å². The number of carbonyl (C=O) groups is 1. The summed E-state index contributed by atoms with van der Waals surface area (Å²) in [5.41, 5.74) is 1.79. The Labute approximate surface area is 182 Å². The predicted octanol–water partition coefficient (Wildman–Crippen LogP) is 4.69. The normalized spacial score (nSPS) is 16.1. The number of nitrogens with one attached hydrogen (secondary N) is 1. The summed E-state index contributed by atoms with van der Waals surface area (Å²) in [7, 11) is 1.65. The minimum atomic E-state index is 0.0816. The zero-order valence-corrected chi connectivity index (χ0v) is 18.4. The Hall–Kier alpha value is -2.45. The number of thiophene rings is 1. The van der Waals surface area contributed by atoms with E-state index in [2.05, 4.69) is 31.2 Å². The SMILES string of the molecule is COc1ccc(-c2sccc2C(=O)N2CCC[C@H]2CNc2ncc(Br)cn2)cc1. The molecule has 150 valence electrons. The first-order chi connectivity index (χ1) is 14.2. The van der Waals surface area contributed by atoms with Crippen LogP contribution in [0.3, 0.4) is 0 Å².